The highest BCUT2D eigenvalue weighted by Crippen LogP contribution is 2.65. The van der Waals surface area contributed by atoms with Crippen molar-refractivity contribution in [3.63, 3.8) is 0 Å². The Kier molecular flexibility index (Phi) is 9.82. The zero-order valence-electron chi connectivity index (χ0n) is 28.9. The first kappa shape index (κ1) is 36.3. The number of urea groups is 1. The fraction of sp³-hybridized carbons (Fsp3) is 0.844. The van der Waals surface area contributed by atoms with Crippen molar-refractivity contribution in [2.75, 3.05) is 20.1 Å². The van der Waals surface area contributed by atoms with Crippen molar-refractivity contribution in [3.8, 4) is 0 Å². The number of carbonyl (C=O) groups excluding carboxylic acids is 5. The molecular formula is C32H53N6O7S-. The van der Waals surface area contributed by atoms with Gasteiger partial charge in [0.15, 0.2) is 0 Å². The summed E-state index contributed by atoms with van der Waals surface area (Å²) in [5, 5.41) is 11.4. The van der Waals surface area contributed by atoms with Crippen LogP contribution in [0.25, 0.3) is 0 Å². The summed E-state index contributed by atoms with van der Waals surface area (Å²) in [7, 11) is 1.41. The number of hydrogen-bond donors (Lipinski definition) is 4. The monoisotopic (exact) mass is 665 g/mol. The van der Waals surface area contributed by atoms with Gasteiger partial charge in [0.05, 0.1) is 0 Å². The van der Waals surface area contributed by atoms with E-state index in [1.54, 1.807) is 0 Å². The maximum absolute atomic E-state index is 14.3. The summed E-state index contributed by atoms with van der Waals surface area (Å²) in [6, 6.07) is -3.06. The number of likely N-dealkylation sites (tertiary alicyclic amines) is 1. The Bertz CT molecular complexity index is 1290. The molecule has 14 heteroatoms. The predicted octanol–water partition coefficient (Wildman–Crippen LogP) is 1.46. The lowest BCUT2D eigenvalue weighted by Gasteiger charge is -2.39. The summed E-state index contributed by atoms with van der Waals surface area (Å²) in [6.45, 7) is 17.5. The minimum Gasteiger partial charge on any atom is -0.760 e. The van der Waals surface area contributed by atoms with Crippen molar-refractivity contribution in [3.05, 3.63) is 0 Å². The lowest BCUT2D eigenvalue weighted by atomic mass is 9.85. The summed E-state index contributed by atoms with van der Waals surface area (Å²) >= 11 is -2.47. The second kappa shape index (κ2) is 12.5. The smallest absolute Gasteiger partial charge is 0.315 e. The Balaban J connectivity index is 1.54. The molecule has 4 aliphatic rings. The zero-order chi connectivity index (χ0) is 34.7. The zero-order valence-corrected chi connectivity index (χ0v) is 29.8. The van der Waals surface area contributed by atoms with Crippen LogP contribution in [0.4, 0.5) is 4.79 Å². The van der Waals surface area contributed by atoms with Gasteiger partial charge in [0, 0.05) is 36.4 Å². The van der Waals surface area contributed by atoms with E-state index in [0.717, 1.165) is 17.1 Å². The van der Waals surface area contributed by atoms with E-state index in [0.29, 0.717) is 19.4 Å². The van der Waals surface area contributed by atoms with E-state index in [-0.39, 0.29) is 35.8 Å². The summed E-state index contributed by atoms with van der Waals surface area (Å²) < 4.78 is 24.0. The Morgan fingerprint density at radius 2 is 1.63 bits per heavy atom. The van der Waals surface area contributed by atoms with Gasteiger partial charge in [0.2, 0.25) is 17.6 Å². The first-order chi connectivity index (χ1) is 21.1. The van der Waals surface area contributed by atoms with Gasteiger partial charge in [-0.15, -0.1) is 0 Å². The first-order valence-corrected chi connectivity index (χ1v) is 17.4. The molecule has 0 aromatic heterocycles. The van der Waals surface area contributed by atoms with Crippen LogP contribution in [0, 0.1) is 34.0 Å². The summed E-state index contributed by atoms with van der Waals surface area (Å²) in [5.41, 5.74) is -2.72. The minimum atomic E-state index is -2.47. The second-order valence-electron chi connectivity index (χ2n) is 16.6. The largest absolute Gasteiger partial charge is 0.760 e. The van der Waals surface area contributed by atoms with Crippen LogP contribution in [0.1, 0.15) is 88.0 Å². The number of likely N-dealkylation sites (N-methyl/N-ethyl adjacent to an activating group) is 1. The van der Waals surface area contributed by atoms with E-state index >= 15 is 0 Å². The number of fused-ring (bicyclic) bond motifs is 1. The molecule has 5 amide bonds. The molecular weight excluding hydrogens is 612 g/mol. The highest BCUT2D eigenvalue weighted by atomic mass is 32.2. The van der Waals surface area contributed by atoms with Gasteiger partial charge in [0.1, 0.15) is 17.6 Å². The molecule has 1 heterocycles. The van der Waals surface area contributed by atoms with Crippen LogP contribution in [-0.4, -0.2) is 97.3 Å². The van der Waals surface area contributed by atoms with E-state index in [9.17, 15) is 32.7 Å². The number of amides is 5. The molecule has 4 N–H and O–H groups in total. The summed E-state index contributed by atoms with van der Waals surface area (Å²) in [4.78, 5) is 69.5. The summed E-state index contributed by atoms with van der Waals surface area (Å²) in [5.74, 6) is -2.39. The maximum Gasteiger partial charge on any atom is 0.315 e. The Hall–Kier alpha value is -2.58. The highest BCUT2D eigenvalue weighted by Gasteiger charge is 2.71. The van der Waals surface area contributed by atoms with E-state index < -0.39 is 75.3 Å². The van der Waals surface area contributed by atoms with Crippen LogP contribution in [0.5, 0.6) is 0 Å². The molecule has 0 spiro atoms. The van der Waals surface area contributed by atoms with Crippen molar-refractivity contribution in [2.45, 2.75) is 118 Å². The normalized spacial score (nSPS) is 30.0. The van der Waals surface area contributed by atoms with E-state index in [1.807, 2.05) is 48.5 Å². The third-order valence-electron chi connectivity index (χ3n) is 10.7. The highest BCUT2D eigenvalue weighted by molar-refractivity contribution is 7.76. The van der Waals surface area contributed by atoms with E-state index in [2.05, 4.69) is 35.1 Å². The molecule has 4 rings (SSSR count). The Morgan fingerprint density at radius 3 is 2.11 bits per heavy atom. The Morgan fingerprint density at radius 1 is 1.02 bits per heavy atom. The van der Waals surface area contributed by atoms with Crippen LogP contribution in [0.3, 0.4) is 0 Å². The topological polar surface area (TPSA) is 180 Å². The molecule has 4 fully saturated rings. The number of piperidine rings is 1. The average molecular weight is 666 g/mol. The molecule has 8 atom stereocenters. The van der Waals surface area contributed by atoms with Crippen LogP contribution in [-0.2, 0) is 30.4 Å². The van der Waals surface area contributed by atoms with E-state index in [4.69, 9.17) is 0 Å². The molecule has 0 aromatic rings. The molecule has 1 aliphatic heterocycles. The molecule has 46 heavy (non-hydrogen) atoms. The fourth-order valence-corrected chi connectivity index (χ4v) is 7.37. The number of ketones is 1. The Labute approximate surface area is 275 Å². The number of nitrogens with zero attached hydrogens (tertiary/aromatic N) is 2. The average Bonchev–Trinajstić information content (AvgIpc) is 3.88. The lowest BCUT2D eigenvalue weighted by Crippen LogP contribution is -2.63. The number of carbonyl (C=O) groups is 5. The van der Waals surface area contributed by atoms with Gasteiger partial charge in [-0.05, 0) is 60.3 Å². The molecule has 0 aromatic carbocycles. The van der Waals surface area contributed by atoms with Gasteiger partial charge in [-0.3, -0.25) is 23.4 Å². The molecule has 3 saturated carbocycles. The number of rotatable bonds is 12. The molecule has 0 bridgehead atoms. The predicted molar refractivity (Wildman–Crippen MR) is 171 cm³/mol. The molecule has 0 radical (unpaired) electrons. The summed E-state index contributed by atoms with van der Waals surface area (Å²) in [6.07, 6.45) is 2.67. The maximum atomic E-state index is 14.3. The molecule has 1 unspecified atom stereocenters. The number of Topliss-reactive ketones (excluding diaryl/α,β-unsaturated/α-hetero) is 1. The fourth-order valence-electron chi connectivity index (χ4n) is 7.10. The molecule has 1 saturated heterocycles. The number of hydrogen-bond acceptors (Lipinski definition) is 7. The molecule has 3 aliphatic carbocycles. The van der Waals surface area contributed by atoms with Crippen molar-refractivity contribution in [2.24, 2.45) is 34.0 Å². The van der Waals surface area contributed by atoms with Gasteiger partial charge in [-0.2, -0.15) is 0 Å². The van der Waals surface area contributed by atoms with Gasteiger partial charge >= 0.3 is 6.03 Å². The number of nitrogens with one attached hydrogen (secondary N) is 4. The third kappa shape index (κ3) is 7.28. The molecule has 13 nitrogen and oxygen atoms in total. The van der Waals surface area contributed by atoms with Gasteiger partial charge in [-0.1, -0.05) is 68.7 Å². The SMILES string of the molecule is CC[C@H]1C[C@]1(NC(=O)[C@@H]1[C@@H]2[C@H](CN1C(=O)[C@@H](NC(=O)N[C@H](CN(C)S(=O)[O-])C(C)(C)C)C(C)(C)C)C2(C)C)C(=O)C(=O)NC1CC1. The standard InChI is InChI=1S/C32H54N6O7S/c1-11-17-14-32(17,24(39)26(41)33-18-12-13-18)36-25(40)22-21-19(31(21,8)9)15-38(22)27(42)23(30(5,6)7)35-28(43)34-20(29(2,3)4)16-37(10)46(44)45/h17-23H,11-16H2,1-10H3,(H,33,41)(H,36,40)(H,44,45)(H2,34,35,43)/p-1/t17-,19-,20+,21-,22-,23+,32+/m0/s1. The van der Waals surface area contributed by atoms with Crippen molar-refractivity contribution in [1.29, 1.82) is 0 Å². The van der Waals surface area contributed by atoms with Crippen LogP contribution in [0.15, 0.2) is 0 Å². The quantitative estimate of drug-likeness (QED) is 0.180. The van der Waals surface area contributed by atoms with E-state index in [1.165, 1.54) is 11.9 Å². The van der Waals surface area contributed by atoms with Gasteiger partial charge in [-0.25, -0.2) is 9.10 Å². The van der Waals surface area contributed by atoms with Crippen molar-refractivity contribution >= 4 is 40.8 Å². The van der Waals surface area contributed by atoms with Gasteiger partial charge < -0.3 is 30.7 Å². The lowest BCUT2D eigenvalue weighted by molar-refractivity contribution is -0.146. The molecule has 260 valence electrons. The van der Waals surface area contributed by atoms with Crippen molar-refractivity contribution in [1.82, 2.24) is 30.5 Å². The minimum absolute atomic E-state index is 0.00766. The van der Waals surface area contributed by atoms with Crippen LogP contribution >= 0.6 is 0 Å². The van der Waals surface area contributed by atoms with Crippen molar-refractivity contribution < 1.29 is 32.7 Å². The van der Waals surface area contributed by atoms with Crippen LogP contribution < -0.4 is 21.3 Å². The second-order valence-corrected chi connectivity index (χ2v) is 17.7. The van der Waals surface area contributed by atoms with Crippen LogP contribution in [0.2, 0.25) is 0 Å². The first-order valence-electron chi connectivity index (χ1n) is 16.4. The van der Waals surface area contributed by atoms with Gasteiger partial charge in [0.25, 0.3) is 5.91 Å². The third-order valence-corrected chi connectivity index (χ3v) is 11.3.